The van der Waals surface area contributed by atoms with Gasteiger partial charge < -0.3 is 45.6 Å². The third-order valence-corrected chi connectivity index (χ3v) is 11.7. The average Bonchev–Trinajstić information content (AvgIpc) is 1.44. The van der Waals surface area contributed by atoms with E-state index in [1.807, 2.05) is 0 Å². The molecule has 3 aromatic heterocycles. The van der Waals surface area contributed by atoms with E-state index >= 15 is 0 Å². The van der Waals surface area contributed by atoms with Gasteiger partial charge in [-0.15, -0.1) is 0 Å². The van der Waals surface area contributed by atoms with E-state index < -0.39 is 100 Å². The van der Waals surface area contributed by atoms with E-state index in [9.17, 15) is 58.7 Å². The first kappa shape index (κ1) is 84.6. The molecule has 23 nitrogen and oxygen atoms in total. The predicted molar refractivity (Wildman–Crippen MR) is 311 cm³/mol. The number of aliphatic carboxylic acids is 1. The summed E-state index contributed by atoms with van der Waals surface area (Å²) in [4.78, 5) is 85.5. The number of halogens is 13. The number of hydrogen-bond donors (Lipinski definition) is 4. The number of oxime groups is 2. The van der Waals surface area contributed by atoms with Crippen molar-refractivity contribution >= 4 is 119 Å². The molecular formula is C52H47BBr4F9N9NaO14. The fourth-order valence-corrected chi connectivity index (χ4v) is 7.02. The van der Waals surface area contributed by atoms with E-state index in [1.54, 1.807) is 30.3 Å². The Labute approximate surface area is 563 Å². The maximum Gasteiger partial charge on any atom is 1.00 e. The topological polar surface area (TPSA) is 333 Å². The molecule has 1 aliphatic rings. The van der Waals surface area contributed by atoms with Crippen LogP contribution in [0.15, 0.2) is 102 Å². The number of methoxy groups -OCH3 is 3. The van der Waals surface area contributed by atoms with Gasteiger partial charge >= 0.3 is 41.5 Å². The van der Waals surface area contributed by atoms with Gasteiger partial charge in [-0.2, -0.15) is 0 Å². The second kappa shape index (κ2) is 42.6. The van der Waals surface area contributed by atoms with E-state index in [1.165, 1.54) is 27.4 Å². The number of alkyl halides is 1. The number of nitrogens with one attached hydrogen (secondary N) is 1. The molecule has 90 heavy (non-hydrogen) atoms. The van der Waals surface area contributed by atoms with E-state index in [2.05, 4.69) is 109 Å². The monoisotopic (exact) mass is 1540 g/mol. The third kappa shape index (κ3) is 28.2. The van der Waals surface area contributed by atoms with Gasteiger partial charge in [-0.05, 0) is 133 Å². The fourth-order valence-electron chi connectivity index (χ4n) is 5.55. The van der Waals surface area contributed by atoms with Gasteiger partial charge in [0.05, 0.1) is 40.1 Å². The smallest absolute Gasteiger partial charge is 0.550 e. The van der Waals surface area contributed by atoms with Crippen LogP contribution in [0.2, 0.25) is 0 Å². The Morgan fingerprint density at radius 2 is 1.01 bits per heavy atom. The second-order valence-corrected chi connectivity index (χ2v) is 18.8. The number of carbonyl (C=O) groups is 5. The molecule has 3 aromatic carbocycles. The summed E-state index contributed by atoms with van der Waals surface area (Å²) in [6.07, 6.45) is 0. The Balaban J connectivity index is 0. The summed E-state index contributed by atoms with van der Waals surface area (Å²) in [7, 11) is 4.37. The molecule has 1 atom stereocenters. The van der Waals surface area contributed by atoms with Crippen molar-refractivity contribution in [2.75, 3.05) is 39.9 Å². The number of rotatable bonds is 13. The summed E-state index contributed by atoms with van der Waals surface area (Å²) in [5.41, 5.74) is 14.2. The number of hydrogen-bond acceptors (Lipinski definition) is 21. The molecule has 4 heterocycles. The van der Waals surface area contributed by atoms with Crippen molar-refractivity contribution in [3.63, 3.8) is 0 Å². The van der Waals surface area contributed by atoms with E-state index in [0.717, 1.165) is 32.9 Å². The Morgan fingerprint density at radius 3 is 1.39 bits per heavy atom. The zero-order valence-electron chi connectivity index (χ0n) is 46.7. The van der Waals surface area contributed by atoms with Crippen LogP contribution in [0.3, 0.4) is 0 Å². The number of hydroxylamine groups is 1. The summed E-state index contributed by atoms with van der Waals surface area (Å²) in [5.74, 6) is -15.5. The standard InChI is InChI=1S/C15H11BrF3N3O3.C15H11BrF3N3O2.C8H4BrF3O.C7H8BrN3O2.C4H6O4.C2H4O2.CH4.B.Na/c1-24-15-8(16)2-3-11(21-15)14(20)22-25-6-12(23)7-4-9(17)13(19)10(18)5-7;1-23-15-8(16)2-3-11(21-15)14-20-12(6-24-22-14)7-4-9(17)13(19)10(18)5-7;9-3-7(13)4-1-5(10)8(12)6(11)2-4;1-13-7-4(8)2-3-5(10-7)6(9)11-12;1-3(5)7-8-4(2)6;1-2(3)4;;;/h2-5H,6H2,1H3,(H2,20,22);2-5,12H,6H2,1H3,(H,20,22);1-2H,3H2;2-3,12H,1H3,(H2,9,11);1-2H3;1H3,(H,3,4);1H4;;/q;;;;;;;;+1/p-1. The van der Waals surface area contributed by atoms with Gasteiger partial charge in [-0.25, -0.2) is 79.3 Å². The average molecular weight is 1550 g/mol. The largest absolute Gasteiger partial charge is 1.00 e. The van der Waals surface area contributed by atoms with Crippen LogP contribution in [-0.2, 0) is 33.8 Å². The second-order valence-electron chi connectivity index (χ2n) is 15.6. The Morgan fingerprint density at radius 1 is 0.644 bits per heavy atom. The SMILES string of the molecule is C.CC(=O)OOC(C)=O.CC(=O)[O-].COc1nc(/C(N)=N/O)ccc1Br.COc1nc(/C(N)=N/OCC(=O)c2cc(F)c(F)c(F)c2)ccc1Br.COc1nc(C2=NC(c3cc(F)c(F)c(F)c3)CON2)ccc1Br.O=C(CBr)c1cc(F)c(F)c(F)c1.[B].[Na+]. The number of ether oxygens (including phenoxy) is 3. The van der Waals surface area contributed by atoms with Crippen LogP contribution in [-0.4, -0.2) is 115 Å². The molecule has 479 valence electrons. The van der Waals surface area contributed by atoms with Gasteiger partial charge in [-0.1, -0.05) is 33.7 Å². The number of Topliss-reactive ketones (excluding diaryl/α,β-unsaturated/α-hetero) is 2. The van der Waals surface area contributed by atoms with Crippen molar-refractivity contribution < 1.29 is 137 Å². The van der Waals surface area contributed by atoms with Crippen molar-refractivity contribution in [1.82, 2.24) is 20.4 Å². The van der Waals surface area contributed by atoms with Crippen LogP contribution in [0.1, 0.15) is 77.6 Å². The minimum atomic E-state index is -1.66. The zero-order valence-corrected chi connectivity index (χ0v) is 55.1. The summed E-state index contributed by atoms with van der Waals surface area (Å²) in [6.45, 7) is 2.63. The maximum absolute atomic E-state index is 13.4. The normalized spacial score (nSPS) is 11.8. The first-order chi connectivity index (χ1) is 40.9. The molecule has 0 spiro atoms. The number of ketones is 2. The molecule has 38 heteroatoms. The van der Waals surface area contributed by atoms with Crippen LogP contribution in [0.5, 0.6) is 17.6 Å². The van der Waals surface area contributed by atoms with Gasteiger partial charge in [0, 0.05) is 39.4 Å². The summed E-state index contributed by atoms with van der Waals surface area (Å²) in [6, 6.07) is 13.4. The van der Waals surface area contributed by atoms with Crippen molar-refractivity contribution in [1.29, 1.82) is 0 Å². The molecule has 7 rings (SSSR count). The molecule has 0 aliphatic carbocycles. The quantitative estimate of drug-likeness (QED) is 0.0102. The van der Waals surface area contributed by atoms with E-state index in [-0.39, 0.29) is 97.5 Å². The van der Waals surface area contributed by atoms with Crippen LogP contribution in [0.4, 0.5) is 39.5 Å². The number of carboxylic acids is 1. The van der Waals surface area contributed by atoms with Gasteiger partial charge in [0.25, 0.3) is 0 Å². The Kier molecular flexibility index (Phi) is 40.0. The number of aromatic nitrogens is 3. The summed E-state index contributed by atoms with van der Waals surface area (Å²) < 4.78 is 133. The van der Waals surface area contributed by atoms with Crippen molar-refractivity contribution in [2.24, 2.45) is 26.8 Å². The fraction of sp³-hybridized carbons (Fsp3) is 0.212. The van der Waals surface area contributed by atoms with Crippen LogP contribution in [0, 0.1) is 52.4 Å². The Hall–Kier alpha value is -7.42. The molecule has 3 radical (unpaired) electrons. The molecule has 0 bridgehead atoms. The molecule has 0 amide bonds. The number of amidine groups is 3. The van der Waals surface area contributed by atoms with Crippen molar-refractivity contribution in [3.8, 4) is 17.6 Å². The molecule has 0 saturated carbocycles. The third-order valence-electron chi connectivity index (χ3n) is 9.35. The number of benzene rings is 3. The molecule has 1 unspecified atom stereocenters. The summed E-state index contributed by atoms with van der Waals surface area (Å²) >= 11 is 12.6. The van der Waals surface area contributed by atoms with Crippen molar-refractivity contribution in [2.45, 2.75) is 34.2 Å². The molecule has 6 N–H and O–H groups in total. The minimum Gasteiger partial charge on any atom is -0.550 e. The minimum absolute atomic E-state index is 0. The number of aliphatic imine (C=N–C) groups is 1. The Bertz CT molecular complexity index is 3460. The number of carbonyl (C=O) groups excluding carboxylic acids is 5. The van der Waals surface area contributed by atoms with Gasteiger partial charge in [0.2, 0.25) is 23.4 Å². The molecule has 6 aromatic rings. The molecule has 1 aliphatic heterocycles. The number of nitrogens with zero attached hydrogens (tertiary/aromatic N) is 6. The van der Waals surface area contributed by atoms with Gasteiger partial charge in [0.15, 0.2) is 82.3 Å². The van der Waals surface area contributed by atoms with Gasteiger partial charge in [-0.3, -0.25) is 19.4 Å². The molecule has 0 saturated heterocycles. The van der Waals surface area contributed by atoms with Crippen molar-refractivity contribution in [3.05, 3.63) is 172 Å². The first-order valence-electron chi connectivity index (χ1n) is 23.0. The van der Waals surface area contributed by atoms with E-state index in [0.29, 0.717) is 60.8 Å². The predicted octanol–water partition coefficient (Wildman–Crippen LogP) is 5.75. The number of carboxylic acid groups (broad SMARTS) is 1. The zero-order chi connectivity index (χ0) is 65.8. The number of pyridine rings is 3. The number of nitrogens with two attached hydrogens (primary N) is 2. The van der Waals surface area contributed by atoms with Gasteiger partial charge in [0.1, 0.15) is 29.7 Å². The van der Waals surface area contributed by atoms with Crippen LogP contribution >= 0.6 is 63.7 Å². The van der Waals surface area contributed by atoms with Crippen LogP contribution in [0.25, 0.3) is 0 Å². The molecule has 0 fully saturated rings. The van der Waals surface area contributed by atoms with E-state index in [4.69, 9.17) is 50.5 Å². The van der Waals surface area contributed by atoms with Crippen LogP contribution < -0.4 is 65.8 Å². The maximum atomic E-state index is 13.4. The summed E-state index contributed by atoms with van der Waals surface area (Å²) in [5, 5.41) is 23.6. The first-order valence-corrected chi connectivity index (χ1v) is 26.5. The molecular weight excluding hydrogens is 1500 g/mol.